The molecular formula is C11H12Cl2F3N. The van der Waals surface area contributed by atoms with Crippen LogP contribution >= 0.6 is 23.2 Å². The van der Waals surface area contributed by atoms with E-state index in [0.717, 1.165) is 12.1 Å². The van der Waals surface area contributed by atoms with Gasteiger partial charge in [0.1, 0.15) is 0 Å². The molecule has 0 unspecified atom stereocenters. The molecule has 6 heteroatoms. The zero-order chi connectivity index (χ0) is 12.9. The van der Waals surface area contributed by atoms with Crippen molar-refractivity contribution in [3.63, 3.8) is 0 Å². The van der Waals surface area contributed by atoms with Crippen LogP contribution in [0.2, 0.25) is 0 Å². The molecule has 0 N–H and O–H groups in total. The Labute approximate surface area is 108 Å². The summed E-state index contributed by atoms with van der Waals surface area (Å²) in [5, 5.41) is 0. The maximum absolute atomic E-state index is 12.5. The molecule has 96 valence electrons. The summed E-state index contributed by atoms with van der Waals surface area (Å²) in [6.07, 6.45) is -4.33. The predicted octanol–water partition coefficient (Wildman–Crippen LogP) is 3.99. The summed E-state index contributed by atoms with van der Waals surface area (Å²) in [7, 11) is 0. The normalized spacial score (nSPS) is 11.6. The van der Waals surface area contributed by atoms with Crippen LogP contribution in [-0.2, 0) is 6.18 Å². The van der Waals surface area contributed by atoms with Crippen LogP contribution in [0.15, 0.2) is 24.3 Å². The van der Waals surface area contributed by atoms with Crippen molar-refractivity contribution in [1.82, 2.24) is 0 Å². The van der Waals surface area contributed by atoms with Gasteiger partial charge in [0.05, 0.1) is 5.56 Å². The SMILES string of the molecule is FC(F)(F)c1cccc(N(CCCl)CCCl)c1. The number of rotatable bonds is 5. The average molecular weight is 286 g/mol. The minimum Gasteiger partial charge on any atom is -0.369 e. The lowest BCUT2D eigenvalue weighted by Gasteiger charge is -2.23. The molecule has 0 spiro atoms. The van der Waals surface area contributed by atoms with Crippen LogP contribution in [0.4, 0.5) is 18.9 Å². The topological polar surface area (TPSA) is 3.24 Å². The van der Waals surface area contributed by atoms with Gasteiger partial charge in [0, 0.05) is 30.5 Å². The fourth-order valence-corrected chi connectivity index (χ4v) is 1.86. The third-order valence-electron chi connectivity index (χ3n) is 2.25. The van der Waals surface area contributed by atoms with Gasteiger partial charge in [-0.3, -0.25) is 0 Å². The van der Waals surface area contributed by atoms with E-state index < -0.39 is 11.7 Å². The van der Waals surface area contributed by atoms with E-state index in [2.05, 4.69) is 0 Å². The number of benzene rings is 1. The van der Waals surface area contributed by atoms with Crippen molar-refractivity contribution < 1.29 is 13.2 Å². The van der Waals surface area contributed by atoms with Gasteiger partial charge in [-0.05, 0) is 18.2 Å². The Morgan fingerprint density at radius 2 is 1.65 bits per heavy atom. The average Bonchev–Trinajstić information content (AvgIpc) is 2.28. The highest BCUT2D eigenvalue weighted by molar-refractivity contribution is 6.18. The first-order chi connectivity index (χ1) is 7.99. The summed E-state index contributed by atoms with van der Waals surface area (Å²) >= 11 is 11.2. The number of hydrogen-bond donors (Lipinski definition) is 0. The van der Waals surface area contributed by atoms with Gasteiger partial charge in [0.25, 0.3) is 0 Å². The second kappa shape index (κ2) is 6.36. The molecule has 1 aromatic carbocycles. The highest BCUT2D eigenvalue weighted by Crippen LogP contribution is 2.31. The van der Waals surface area contributed by atoms with Gasteiger partial charge in [-0.1, -0.05) is 6.07 Å². The molecule has 0 heterocycles. The molecule has 0 saturated heterocycles. The Kier molecular flexibility index (Phi) is 5.40. The maximum atomic E-state index is 12.5. The van der Waals surface area contributed by atoms with Crippen molar-refractivity contribution in [3.8, 4) is 0 Å². The monoisotopic (exact) mass is 285 g/mol. The summed E-state index contributed by atoms with van der Waals surface area (Å²) in [5.41, 5.74) is -0.176. The summed E-state index contributed by atoms with van der Waals surface area (Å²) in [6.45, 7) is 0.936. The van der Waals surface area contributed by atoms with Crippen LogP contribution in [0.25, 0.3) is 0 Å². The fraction of sp³-hybridized carbons (Fsp3) is 0.455. The van der Waals surface area contributed by atoms with Crippen LogP contribution in [0.5, 0.6) is 0 Å². The molecular weight excluding hydrogens is 274 g/mol. The first-order valence-corrected chi connectivity index (χ1v) is 6.10. The Balaban J connectivity index is 2.95. The second-order valence-corrected chi connectivity index (χ2v) is 4.17. The lowest BCUT2D eigenvalue weighted by Crippen LogP contribution is -2.27. The lowest BCUT2D eigenvalue weighted by molar-refractivity contribution is -0.137. The number of hydrogen-bond acceptors (Lipinski definition) is 1. The molecule has 0 bridgehead atoms. The van der Waals surface area contributed by atoms with Crippen molar-refractivity contribution in [1.29, 1.82) is 0 Å². The van der Waals surface area contributed by atoms with E-state index in [-0.39, 0.29) is 0 Å². The Morgan fingerprint density at radius 1 is 1.06 bits per heavy atom. The van der Waals surface area contributed by atoms with Gasteiger partial charge in [-0.25, -0.2) is 0 Å². The predicted molar refractivity (Wildman–Crippen MR) is 65.1 cm³/mol. The molecule has 0 amide bonds. The molecule has 0 aromatic heterocycles. The van der Waals surface area contributed by atoms with E-state index in [4.69, 9.17) is 23.2 Å². The maximum Gasteiger partial charge on any atom is 0.416 e. The molecule has 1 nitrogen and oxygen atoms in total. The Hall–Kier alpha value is -0.610. The van der Waals surface area contributed by atoms with Crippen LogP contribution < -0.4 is 4.90 Å². The summed E-state index contributed by atoms with van der Waals surface area (Å²) < 4.78 is 37.6. The molecule has 1 rings (SSSR count). The van der Waals surface area contributed by atoms with Gasteiger partial charge in [-0.15, -0.1) is 23.2 Å². The summed E-state index contributed by atoms with van der Waals surface area (Å²) in [5.74, 6) is 0.681. The van der Waals surface area contributed by atoms with Crippen LogP contribution in [0.1, 0.15) is 5.56 Å². The van der Waals surface area contributed by atoms with Crippen LogP contribution in [0.3, 0.4) is 0 Å². The zero-order valence-electron chi connectivity index (χ0n) is 8.97. The molecule has 1 aromatic rings. The first-order valence-electron chi connectivity index (χ1n) is 5.03. The molecule has 0 radical (unpaired) electrons. The largest absolute Gasteiger partial charge is 0.416 e. The molecule has 0 saturated carbocycles. The highest BCUT2D eigenvalue weighted by Gasteiger charge is 2.30. The number of alkyl halides is 5. The third-order valence-corrected chi connectivity index (χ3v) is 2.59. The van der Waals surface area contributed by atoms with Crippen molar-refractivity contribution >= 4 is 28.9 Å². The van der Waals surface area contributed by atoms with E-state index >= 15 is 0 Å². The minimum absolute atomic E-state index is 0.340. The molecule has 0 aliphatic heterocycles. The minimum atomic E-state index is -4.33. The van der Waals surface area contributed by atoms with E-state index in [1.165, 1.54) is 6.07 Å². The molecule has 0 atom stereocenters. The second-order valence-electron chi connectivity index (χ2n) is 3.41. The van der Waals surface area contributed by atoms with E-state index in [0.29, 0.717) is 30.5 Å². The smallest absolute Gasteiger partial charge is 0.369 e. The quantitative estimate of drug-likeness (QED) is 0.740. The number of nitrogens with zero attached hydrogens (tertiary/aromatic N) is 1. The van der Waals surface area contributed by atoms with E-state index in [9.17, 15) is 13.2 Å². The fourth-order valence-electron chi connectivity index (χ4n) is 1.45. The van der Waals surface area contributed by atoms with Gasteiger partial charge >= 0.3 is 6.18 Å². The molecule has 0 aliphatic carbocycles. The van der Waals surface area contributed by atoms with Crippen molar-refractivity contribution in [2.75, 3.05) is 29.7 Å². The standard InChI is InChI=1S/C11H12Cl2F3N/c12-4-6-17(7-5-13)10-3-1-2-9(8-10)11(14,15)16/h1-3,8H,4-7H2. The van der Waals surface area contributed by atoms with Crippen molar-refractivity contribution in [2.24, 2.45) is 0 Å². The summed E-state index contributed by atoms with van der Waals surface area (Å²) in [6, 6.07) is 5.16. The van der Waals surface area contributed by atoms with Crippen LogP contribution in [0, 0.1) is 0 Å². The van der Waals surface area contributed by atoms with Gasteiger partial charge < -0.3 is 4.90 Å². The van der Waals surface area contributed by atoms with Gasteiger partial charge in [-0.2, -0.15) is 13.2 Å². The number of anilines is 1. The van der Waals surface area contributed by atoms with Crippen LogP contribution in [-0.4, -0.2) is 24.8 Å². The van der Waals surface area contributed by atoms with Crippen molar-refractivity contribution in [3.05, 3.63) is 29.8 Å². The molecule has 0 fully saturated rings. The van der Waals surface area contributed by atoms with Crippen molar-refractivity contribution in [2.45, 2.75) is 6.18 Å². The lowest BCUT2D eigenvalue weighted by atomic mass is 10.2. The highest BCUT2D eigenvalue weighted by atomic mass is 35.5. The Bertz CT molecular complexity index is 349. The molecule has 17 heavy (non-hydrogen) atoms. The van der Waals surface area contributed by atoms with Gasteiger partial charge in [0.2, 0.25) is 0 Å². The third kappa shape index (κ3) is 4.28. The number of halogens is 5. The molecule has 0 aliphatic rings. The zero-order valence-corrected chi connectivity index (χ0v) is 10.5. The summed E-state index contributed by atoms with van der Waals surface area (Å²) in [4.78, 5) is 1.73. The Morgan fingerprint density at radius 3 is 2.12 bits per heavy atom. The van der Waals surface area contributed by atoms with Gasteiger partial charge in [0.15, 0.2) is 0 Å². The van der Waals surface area contributed by atoms with E-state index in [1.54, 1.807) is 11.0 Å². The first kappa shape index (κ1) is 14.5. The van der Waals surface area contributed by atoms with E-state index in [1.807, 2.05) is 0 Å².